The van der Waals surface area contributed by atoms with E-state index in [2.05, 4.69) is 15.4 Å². The zero-order chi connectivity index (χ0) is 19.9. The lowest BCUT2D eigenvalue weighted by atomic mass is 10.0. The van der Waals surface area contributed by atoms with Gasteiger partial charge < -0.3 is 20.3 Å². The summed E-state index contributed by atoms with van der Waals surface area (Å²) in [4.78, 5) is 26.4. The molecule has 0 radical (unpaired) electrons. The van der Waals surface area contributed by atoms with Gasteiger partial charge in [-0.3, -0.25) is 4.79 Å². The molecule has 3 rings (SSSR count). The number of urea groups is 1. The number of hydrogen-bond acceptors (Lipinski definition) is 3. The van der Waals surface area contributed by atoms with E-state index in [1.807, 2.05) is 30.3 Å². The third-order valence-electron chi connectivity index (χ3n) is 4.46. The highest BCUT2D eigenvalue weighted by Crippen LogP contribution is 2.17. The van der Waals surface area contributed by atoms with Crippen LogP contribution < -0.4 is 15.4 Å². The summed E-state index contributed by atoms with van der Waals surface area (Å²) in [6, 6.07) is 14.6. The molecule has 2 aromatic rings. The number of alkyl halides is 2. The fourth-order valence-electron chi connectivity index (χ4n) is 3.03. The molecule has 2 aromatic carbocycles. The van der Waals surface area contributed by atoms with Gasteiger partial charge in [0.2, 0.25) is 0 Å². The quantitative estimate of drug-likeness (QED) is 0.819. The molecule has 0 bridgehead atoms. The number of hydrogen-bond donors (Lipinski definition) is 2. The molecule has 0 aliphatic carbocycles. The van der Waals surface area contributed by atoms with Crippen molar-refractivity contribution in [3.8, 4) is 5.75 Å². The topological polar surface area (TPSA) is 70.7 Å². The Balaban J connectivity index is 1.48. The molecule has 2 N–H and O–H groups in total. The summed E-state index contributed by atoms with van der Waals surface area (Å²) in [6.07, 6.45) is 1.22. The molecule has 3 amide bonds. The van der Waals surface area contributed by atoms with Crippen LogP contribution in [0.1, 0.15) is 23.2 Å². The fourth-order valence-corrected chi connectivity index (χ4v) is 3.03. The average molecular weight is 389 g/mol. The Labute approximate surface area is 161 Å². The van der Waals surface area contributed by atoms with Crippen LogP contribution in [0.4, 0.5) is 19.3 Å². The summed E-state index contributed by atoms with van der Waals surface area (Å²) in [5.41, 5.74) is 0.983. The number of carbonyl (C=O) groups excluding carboxylic acids is 2. The summed E-state index contributed by atoms with van der Waals surface area (Å²) < 4.78 is 28.9. The smallest absolute Gasteiger partial charge is 0.387 e. The molecule has 0 unspecified atom stereocenters. The van der Waals surface area contributed by atoms with Crippen LogP contribution in [-0.4, -0.2) is 42.6 Å². The maximum Gasteiger partial charge on any atom is 0.387 e. The van der Waals surface area contributed by atoms with Gasteiger partial charge >= 0.3 is 12.6 Å². The van der Waals surface area contributed by atoms with Gasteiger partial charge in [0.15, 0.2) is 0 Å². The number of halogens is 2. The molecule has 1 heterocycles. The largest absolute Gasteiger partial charge is 0.435 e. The number of para-hydroxylation sites is 1. The number of piperidine rings is 1. The molecule has 6 nitrogen and oxygen atoms in total. The molecular weight excluding hydrogens is 368 g/mol. The van der Waals surface area contributed by atoms with Gasteiger partial charge in [0.05, 0.1) is 0 Å². The predicted octanol–water partition coefficient (Wildman–Crippen LogP) is 3.71. The monoisotopic (exact) mass is 389 g/mol. The van der Waals surface area contributed by atoms with Crippen molar-refractivity contribution in [2.45, 2.75) is 25.5 Å². The van der Waals surface area contributed by atoms with Crippen LogP contribution in [0, 0.1) is 0 Å². The second-order valence-electron chi connectivity index (χ2n) is 6.44. The van der Waals surface area contributed by atoms with Crippen molar-refractivity contribution < 1.29 is 23.1 Å². The molecule has 0 spiro atoms. The Kier molecular flexibility index (Phi) is 6.41. The predicted molar refractivity (Wildman–Crippen MR) is 101 cm³/mol. The Bertz CT molecular complexity index is 809. The Morgan fingerprint density at radius 1 is 1.04 bits per heavy atom. The second kappa shape index (κ2) is 9.16. The number of nitrogens with one attached hydrogen (secondary N) is 2. The third-order valence-corrected chi connectivity index (χ3v) is 4.46. The van der Waals surface area contributed by atoms with Crippen LogP contribution in [0.5, 0.6) is 5.75 Å². The van der Waals surface area contributed by atoms with E-state index in [9.17, 15) is 18.4 Å². The second-order valence-corrected chi connectivity index (χ2v) is 6.44. The molecule has 0 aromatic heterocycles. The Morgan fingerprint density at radius 2 is 1.75 bits per heavy atom. The van der Waals surface area contributed by atoms with Crippen molar-refractivity contribution in [2.75, 3.05) is 18.4 Å². The minimum absolute atomic E-state index is 0.0601. The first kappa shape index (κ1) is 19.6. The van der Waals surface area contributed by atoms with Crippen LogP contribution >= 0.6 is 0 Å². The molecule has 28 heavy (non-hydrogen) atoms. The zero-order valence-electron chi connectivity index (χ0n) is 15.1. The Hall–Kier alpha value is -3.16. The van der Waals surface area contributed by atoms with Gasteiger partial charge in [0, 0.05) is 30.4 Å². The van der Waals surface area contributed by atoms with Gasteiger partial charge in [0.1, 0.15) is 5.75 Å². The molecule has 1 aliphatic rings. The highest BCUT2D eigenvalue weighted by molar-refractivity contribution is 5.94. The van der Waals surface area contributed by atoms with Crippen LogP contribution in [0.3, 0.4) is 0 Å². The lowest BCUT2D eigenvalue weighted by Crippen LogP contribution is -2.47. The van der Waals surface area contributed by atoms with Gasteiger partial charge in [-0.15, -0.1) is 0 Å². The molecule has 0 saturated carbocycles. The normalized spacial score (nSPS) is 14.6. The summed E-state index contributed by atoms with van der Waals surface area (Å²) in [5, 5.41) is 5.72. The SMILES string of the molecule is O=C(NC1CCN(C(=O)Nc2ccccc2)CC1)c1cccc(OC(F)F)c1. The van der Waals surface area contributed by atoms with E-state index >= 15 is 0 Å². The number of carbonyl (C=O) groups is 2. The maximum absolute atomic E-state index is 12.4. The molecular formula is C20H21F2N3O3. The standard InChI is InChI=1S/C20H21F2N3O3/c21-19(22)28-17-8-4-5-14(13-17)18(26)23-16-9-11-25(12-10-16)20(27)24-15-6-2-1-3-7-15/h1-8,13,16,19H,9-12H2,(H,23,26)(H,24,27). The minimum Gasteiger partial charge on any atom is -0.435 e. The number of anilines is 1. The van der Waals surface area contributed by atoms with Crippen molar-refractivity contribution in [1.29, 1.82) is 0 Å². The number of amides is 3. The minimum atomic E-state index is -2.94. The summed E-state index contributed by atoms with van der Waals surface area (Å²) in [6.45, 7) is -1.92. The number of ether oxygens (including phenoxy) is 1. The number of likely N-dealkylation sites (tertiary alicyclic amines) is 1. The first-order valence-corrected chi connectivity index (χ1v) is 8.98. The number of benzene rings is 2. The van der Waals surface area contributed by atoms with Crippen molar-refractivity contribution in [3.05, 3.63) is 60.2 Å². The molecule has 1 fully saturated rings. The van der Waals surface area contributed by atoms with E-state index in [1.54, 1.807) is 4.90 Å². The van der Waals surface area contributed by atoms with Crippen molar-refractivity contribution in [2.24, 2.45) is 0 Å². The van der Waals surface area contributed by atoms with Crippen LogP contribution in [0.15, 0.2) is 54.6 Å². The van der Waals surface area contributed by atoms with Gasteiger partial charge in [-0.05, 0) is 43.2 Å². The van der Waals surface area contributed by atoms with E-state index < -0.39 is 6.61 Å². The molecule has 1 saturated heterocycles. The van der Waals surface area contributed by atoms with E-state index in [1.165, 1.54) is 24.3 Å². The lowest BCUT2D eigenvalue weighted by Gasteiger charge is -2.32. The van der Waals surface area contributed by atoms with Gasteiger partial charge in [-0.25, -0.2) is 4.79 Å². The number of rotatable bonds is 5. The van der Waals surface area contributed by atoms with E-state index in [0.717, 1.165) is 5.69 Å². The Morgan fingerprint density at radius 3 is 2.43 bits per heavy atom. The summed E-state index contributed by atoms with van der Waals surface area (Å²) >= 11 is 0. The maximum atomic E-state index is 12.4. The summed E-state index contributed by atoms with van der Waals surface area (Å²) in [5.74, 6) is -0.415. The van der Waals surface area contributed by atoms with Crippen molar-refractivity contribution in [3.63, 3.8) is 0 Å². The molecule has 1 aliphatic heterocycles. The summed E-state index contributed by atoms with van der Waals surface area (Å²) in [7, 11) is 0. The van der Waals surface area contributed by atoms with Gasteiger partial charge in [-0.2, -0.15) is 8.78 Å². The first-order chi connectivity index (χ1) is 13.5. The highest BCUT2D eigenvalue weighted by atomic mass is 19.3. The molecule has 8 heteroatoms. The molecule has 148 valence electrons. The van der Waals surface area contributed by atoms with Crippen LogP contribution in [0.2, 0.25) is 0 Å². The lowest BCUT2D eigenvalue weighted by molar-refractivity contribution is -0.0498. The zero-order valence-corrected chi connectivity index (χ0v) is 15.1. The van der Waals surface area contributed by atoms with Crippen molar-refractivity contribution >= 4 is 17.6 Å². The molecule has 0 atom stereocenters. The van der Waals surface area contributed by atoms with Crippen molar-refractivity contribution in [1.82, 2.24) is 10.2 Å². The average Bonchev–Trinajstić information content (AvgIpc) is 2.69. The third kappa shape index (κ3) is 5.42. The van der Waals surface area contributed by atoms with E-state index in [4.69, 9.17) is 0 Å². The van der Waals surface area contributed by atoms with E-state index in [-0.39, 0.29) is 29.3 Å². The first-order valence-electron chi connectivity index (χ1n) is 8.98. The highest BCUT2D eigenvalue weighted by Gasteiger charge is 2.24. The number of nitrogens with zero attached hydrogens (tertiary/aromatic N) is 1. The van der Waals surface area contributed by atoms with Crippen LogP contribution in [-0.2, 0) is 0 Å². The fraction of sp³-hybridized carbons (Fsp3) is 0.300. The van der Waals surface area contributed by atoms with Crippen LogP contribution in [0.25, 0.3) is 0 Å². The van der Waals surface area contributed by atoms with Gasteiger partial charge in [-0.1, -0.05) is 24.3 Å². The van der Waals surface area contributed by atoms with E-state index in [0.29, 0.717) is 25.9 Å². The van der Waals surface area contributed by atoms with Gasteiger partial charge in [0.25, 0.3) is 5.91 Å².